The molecule has 0 aromatic rings. The maximum Gasteiger partial charge on any atom is 0.0812 e. The van der Waals surface area contributed by atoms with Crippen molar-refractivity contribution in [2.75, 3.05) is 39.4 Å². The van der Waals surface area contributed by atoms with Crippen LogP contribution in [0.5, 0.6) is 0 Å². The Balaban J connectivity index is 1.97. The lowest BCUT2D eigenvalue weighted by Crippen LogP contribution is -2.41. The van der Waals surface area contributed by atoms with Crippen LogP contribution in [0.25, 0.3) is 0 Å². The largest absolute Gasteiger partial charge is 0.379 e. The van der Waals surface area contributed by atoms with Gasteiger partial charge in [-0.3, -0.25) is 9.74 Å². The van der Waals surface area contributed by atoms with Crippen LogP contribution in [0, 0.1) is 0 Å². The molecule has 1 fully saturated rings. The highest BCUT2D eigenvalue weighted by Crippen LogP contribution is 2.03. The Bertz CT molecular complexity index is 151. The van der Waals surface area contributed by atoms with Crippen LogP contribution in [0.3, 0.4) is 0 Å². The maximum absolute atomic E-state index is 5.41. The van der Waals surface area contributed by atoms with Crippen molar-refractivity contribution in [3.8, 4) is 0 Å². The van der Waals surface area contributed by atoms with Crippen LogP contribution >= 0.6 is 0 Å². The van der Waals surface area contributed by atoms with Gasteiger partial charge < -0.3 is 4.74 Å². The zero-order valence-electron chi connectivity index (χ0n) is 9.51. The Kier molecular flexibility index (Phi) is 4.81. The summed E-state index contributed by atoms with van der Waals surface area (Å²) < 4.78 is 5.27. The van der Waals surface area contributed by atoms with Crippen molar-refractivity contribution in [1.82, 2.24) is 10.4 Å². The molecule has 1 aliphatic rings. The number of hydrogen-bond acceptors (Lipinski definition) is 4. The van der Waals surface area contributed by atoms with Crippen LogP contribution in [0.2, 0.25) is 0 Å². The van der Waals surface area contributed by atoms with Crippen molar-refractivity contribution in [3.63, 3.8) is 0 Å². The second-order valence-corrected chi connectivity index (χ2v) is 4.56. The van der Waals surface area contributed by atoms with E-state index in [2.05, 4.69) is 10.4 Å². The summed E-state index contributed by atoms with van der Waals surface area (Å²) >= 11 is 0. The number of hydrogen-bond donors (Lipinski definition) is 1. The van der Waals surface area contributed by atoms with Gasteiger partial charge in [-0.05, 0) is 20.8 Å². The SMILES string of the molecule is CC(C)(C)ONCCN1CCOCC1. The summed E-state index contributed by atoms with van der Waals surface area (Å²) in [6.07, 6.45) is 0. The third kappa shape index (κ3) is 5.54. The molecular formula is C10H22N2O2. The molecule has 1 saturated heterocycles. The first-order chi connectivity index (χ1) is 6.58. The minimum Gasteiger partial charge on any atom is -0.379 e. The summed E-state index contributed by atoms with van der Waals surface area (Å²) in [4.78, 5) is 7.79. The lowest BCUT2D eigenvalue weighted by molar-refractivity contribution is -0.0761. The number of morpholine rings is 1. The van der Waals surface area contributed by atoms with Crippen molar-refractivity contribution in [1.29, 1.82) is 0 Å². The highest BCUT2D eigenvalue weighted by Gasteiger charge is 2.12. The summed E-state index contributed by atoms with van der Waals surface area (Å²) in [7, 11) is 0. The average molecular weight is 202 g/mol. The molecule has 1 aliphatic heterocycles. The highest BCUT2D eigenvalue weighted by molar-refractivity contribution is 4.62. The van der Waals surface area contributed by atoms with Crippen molar-refractivity contribution in [3.05, 3.63) is 0 Å². The fourth-order valence-corrected chi connectivity index (χ4v) is 1.30. The molecule has 0 aliphatic carbocycles. The lowest BCUT2D eigenvalue weighted by atomic mass is 10.2. The van der Waals surface area contributed by atoms with Crippen LogP contribution in [0.4, 0.5) is 0 Å². The average Bonchev–Trinajstić information content (AvgIpc) is 2.13. The predicted molar refractivity (Wildman–Crippen MR) is 56.1 cm³/mol. The first-order valence-corrected chi connectivity index (χ1v) is 5.29. The molecule has 0 bridgehead atoms. The number of nitrogens with zero attached hydrogens (tertiary/aromatic N) is 1. The summed E-state index contributed by atoms with van der Waals surface area (Å²) in [5.41, 5.74) is 2.88. The van der Waals surface area contributed by atoms with Gasteiger partial charge in [0.1, 0.15) is 0 Å². The van der Waals surface area contributed by atoms with E-state index in [1.165, 1.54) is 0 Å². The minimum atomic E-state index is -0.106. The normalized spacial score (nSPS) is 19.9. The molecule has 1 rings (SSSR count). The van der Waals surface area contributed by atoms with Gasteiger partial charge in [0.05, 0.1) is 18.8 Å². The number of rotatable bonds is 4. The van der Waals surface area contributed by atoms with Crippen LogP contribution in [0.15, 0.2) is 0 Å². The van der Waals surface area contributed by atoms with E-state index >= 15 is 0 Å². The number of ether oxygens (including phenoxy) is 1. The van der Waals surface area contributed by atoms with Gasteiger partial charge in [0.15, 0.2) is 0 Å². The fourth-order valence-electron chi connectivity index (χ4n) is 1.30. The zero-order valence-corrected chi connectivity index (χ0v) is 9.51. The van der Waals surface area contributed by atoms with Crippen molar-refractivity contribution in [2.24, 2.45) is 0 Å². The molecule has 4 heteroatoms. The van der Waals surface area contributed by atoms with E-state index in [4.69, 9.17) is 9.57 Å². The fraction of sp³-hybridized carbons (Fsp3) is 1.00. The molecule has 84 valence electrons. The topological polar surface area (TPSA) is 33.7 Å². The third-order valence-electron chi connectivity index (χ3n) is 2.01. The van der Waals surface area contributed by atoms with Gasteiger partial charge >= 0.3 is 0 Å². The van der Waals surface area contributed by atoms with E-state index in [1.807, 2.05) is 20.8 Å². The molecular weight excluding hydrogens is 180 g/mol. The summed E-state index contributed by atoms with van der Waals surface area (Å²) in [5, 5.41) is 0. The third-order valence-corrected chi connectivity index (χ3v) is 2.01. The molecule has 0 unspecified atom stereocenters. The van der Waals surface area contributed by atoms with Crippen LogP contribution in [-0.2, 0) is 9.57 Å². The molecule has 0 radical (unpaired) electrons. The molecule has 0 aromatic heterocycles. The maximum atomic E-state index is 5.41. The second kappa shape index (κ2) is 5.66. The van der Waals surface area contributed by atoms with Crippen LogP contribution < -0.4 is 5.48 Å². The minimum absolute atomic E-state index is 0.106. The summed E-state index contributed by atoms with van der Waals surface area (Å²) in [6.45, 7) is 11.8. The molecule has 0 amide bonds. The van der Waals surface area contributed by atoms with Crippen molar-refractivity contribution in [2.45, 2.75) is 26.4 Å². The molecule has 0 atom stereocenters. The van der Waals surface area contributed by atoms with Gasteiger partial charge in [-0.2, -0.15) is 0 Å². The molecule has 1 heterocycles. The summed E-state index contributed by atoms with van der Waals surface area (Å²) in [5.74, 6) is 0. The van der Waals surface area contributed by atoms with E-state index in [1.54, 1.807) is 0 Å². The van der Waals surface area contributed by atoms with E-state index < -0.39 is 0 Å². The van der Waals surface area contributed by atoms with Gasteiger partial charge in [0.25, 0.3) is 0 Å². The Morgan fingerprint density at radius 3 is 2.50 bits per heavy atom. The first kappa shape index (κ1) is 11.9. The molecule has 0 saturated carbocycles. The van der Waals surface area contributed by atoms with E-state index in [0.29, 0.717) is 0 Å². The van der Waals surface area contributed by atoms with Gasteiger partial charge in [-0.1, -0.05) is 0 Å². The Morgan fingerprint density at radius 1 is 1.29 bits per heavy atom. The second-order valence-electron chi connectivity index (χ2n) is 4.56. The van der Waals surface area contributed by atoms with Gasteiger partial charge in [0, 0.05) is 26.2 Å². The Labute approximate surface area is 86.5 Å². The Hall–Kier alpha value is -0.160. The van der Waals surface area contributed by atoms with Gasteiger partial charge in [-0.25, -0.2) is 5.48 Å². The molecule has 4 nitrogen and oxygen atoms in total. The zero-order chi connectivity index (χ0) is 10.4. The number of nitrogens with one attached hydrogen (secondary N) is 1. The smallest absolute Gasteiger partial charge is 0.0812 e. The standard InChI is InChI=1S/C10H22N2O2/c1-10(2,3)14-11-4-5-12-6-8-13-9-7-12/h11H,4-9H2,1-3H3. The molecule has 0 spiro atoms. The molecule has 1 N–H and O–H groups in total. The lowest BCUT2D eigenvalue weighted by Gasteiger charge is -2.27. The predicted octanol–water partition coefficient (Wildman–Crippen LogP) is 0.638. The van der Waals surface area contributed by atoms with Crippen molar-refractivity contribution < 1.29 is 9.57 Å². The van der Waals surface area contributed by atoms with E-state index in [0.717, 1.165) is 39.4 Å². The van der Waals surface area contributed by atoms with Gasteiger partial charge in [-0.15, -0.1) is 0 Å². The monoisotopic (exact) mass is 202 g/mol. The summed E-state index contributed by atoms with van der Waals surface area (Å²) in [6, 6.07) is 0. The van der Waals surface area contributed by atoms with Gasteiger partial charge in [0.2, 0.25) is 0 Å². The Morgan fingerprint density at radius 2 is 1.93 bits per heavy atom. The van der Waals surface area contributed by atoms with Crippen LogP contribution in [0.1, 0.15) is 20.8 Å². The first-order valence-electron chi connectivity index (χ1n) is 5.29. The van der Waals surface area contributed by atoms with Crippen molar-refractivity contribution >= 4 is 0 Å². The molecule has 0 aromatic carbocycles. The number of hydroxylamine groups is 1. The van der Waals surface area contributed by atoms with E-state index in [9.17, 15) is 0 Å². The van der Waals surface area contributed by atoms with Crippen LogP contribution in [-0.4, -0.2) is 49.9 Å². The highest BCUT2D eigenvalue weighted by atomic mass is 16.7. The quantitative estimate of drug-likeness (QED) is 0.536. The van der Waals surface area contributed by atoms with E-state index in [-0.39, 0.29) is 5.60 Å². The molecule has 14 heavy (non-hydrogen) atoms.